The van der Waals surface area contributed by atoms with E-state index in [1.165, 1.54) is 101 Å². The molecule has 1 aromatic rings. The molecule has 20 bridgehead atoms. The number of benzene rings is 1. The third-order valence-corrected chi connectivity index (χ3v) is 51.9. The summed E-state index contributed by atoms with van der Waals surface area (Å²) in [5.74, 6) is 19.0. The molecule has 0 heterocycles. The number of hydrogen-bond acceptors (Lipinski definition) is 8. The maximum Gasteiger partial charge on any atom is 0.338 e. The average molecular weight is 3480 g/mol. The molecule has 0 radical (unpaired) electrons. The summed E-state index contributed by atoms with van der Waals surface area (Å²) in [5.41, 5.74) is -0.497. The summed E-state index contributed by atoms with van der Waals surface area (Å²) >= 11 is 15.6. The Balaban J connectivity index is 0.000000223. The van der Waals surface area contributed by atoms with Crippen LogP contribution in [-0.2, 0) is 4.12 Å². The smallest absolute Gasteiger partial charge is 0.338 e. The summed E-state index contributed by atoms with van der Waals surface area (Å²) in [6.45, 7) is 48.9. The molecule has 816 valence electrons. The summed E-state index contributed by atoms with van der Waals surface area (Å²) < 4.78 is 200. The second-order valence-electron chi connectivity index (χ2n) is 56.1. The molecule has 0 amide bonds. The van der Waals surface area contributed by atoms with Crippen molar-refractivity contribution >= 4 is 85.6 Å². The van der Waals surface area contributed by atoms with Crippen LogP contribution in [0.4, 0.5) is 65.9 Å². The first-order valence-corrected chi connectivity index (χ1v) is 76.0. The second kappa shape index (κ2) is 43.5. The second-order valence-corrected chi connectivity index (χ2v) is 91.4. The molecule has 0 saturated heterocycles. The Hall–Kier alpha value is -4.98. The Morgan fingerprint density at radius 3 is 0.778 bits per heavy atom. The fourth-order valence-electron chi connectivity index (χ4n) is 36.4. The molecule has 0 spiro atoms. The van der Waals surface area contributed by atoms with E-state index in [0.717, 1.165) is 141 Å². The molecule has 8 nitrogen and oxygen atoms in total. The van der Waals surface area contributed by atoms with E-state index in [-0.39, 0.29) is 59.7 Å². The first-order valence-electron chi connectivity index (χ1n) is 53.3. The minimum Gasteiger partial charge on any atom is -0.554 e. The first-order chi connectivity index (χ1) is 63.0. The predicted octanol–water partition coefficient (Wildman–Crippen LogP) is 33.1. The monoisotopic (exact) mass is 3480 g/mol. The molecule has 0 aliphatic heterocycles. The number of halogens is 18. The van der Waals surface area contributed by atoms with Gasteiger partial charge in [-0.2, -0.15) is 0 Å². The van der Waals surface area contributed by atoms with Crippen molar-refractivity contribution in [1.82, 2.24) is 9.13 Å². The number of fused-ring (bicyclic) bond motifs is 45. The van der Waals surface area contributed by atoms with E-state index < -0.39 is 109 Å². The normalized spacial score (nSPS) is 40.8. The molecule has 35 atom stereocenters. The average Bonchev–Trinajstić information content (AvgIpc) is 1.51. The van der Waals surface area contributed by atoms with Crippen molar-refractivity contribution in [2.45, 2.75) is 370 Å². The summed E-state index contributed by atoms with van der Waals surface area (Å²) in [6.07, 6.45) is -0.0792. The summed E-state index contributed by atoms with van der Waals surface area (Å²) in [7, 11) is 3.28. The van der Waals surface area contributed by atoms with Gasteiger partial charge < -0.3 is 38.8 Å². The molecule has 0 aromatic heterocycles. The fourth-order valence-corrected chi connectivity index (χ4v) is 45.8. The van der Waals surface area contributed by atoms with Crippen molar-refractivity contribution in [3.05, 3.63) is 60.9 Å². The molecular formula is C107H177Cl3F15N2O6Rf5Si6-5. The molecule has 20 saturated carbocycles. The maximum absolute atomic E-state index is 12.6. The van der Waals surface area contributed by atoms with Crippen LogP contribution >= 0.6 is 33.2 Å². The van der Waals surface area contributed by atoms with Crippen molar-refractivity contribution in [2.24, 2.45) is 204 Å². The number of aliphatic hydroxyl groups is 5. The van der Waals surface area contributed by atoms with E-state index in [0.29, 0.717) is 99.6 Å². The fraction of sp³-hybridized carbons (Fsp3) is 0.897. The van der Waals surface area contributed by atoms with E-state index >= 15 is 0 Å². The van der Waals surface area contributed by atoms with E-state index in [1.54, 1.807) is 6.55 Å². The van der Waals surface area contributed by atoms with Gasteiger partial charge in [-0.25, -0.2) is 65.9 Å². The van der Waals surface area contributed by atoms with Crippen molar-refractivity contribution < 1.29 is 95.5 Å². The van der Waals surface area contributed by atoms with Crippen LogP contribution in [0.25, 0.3) is 0 Å². The zero-order chi connectivity index (χ0) is 104. The van der Waals surface area contributed by atoms with Gasteiger partial charge in [0.05, 0.1) is 8.07 Å². The minimum absolute atomic E-state index is 0. The zero-order valence-corrected chi connectivity index (χ0v) is 132. The molecule has 144 heavy (non-hydrogen) atoms. The number of hydrogen-bond donors (Lipinski definition) is 5. The van der Waals surface area contributed by atoms with Gasteiger partial charge in [0.25, 0.3) is 30.9 Å². The quantitative estimate of drug-likeness (QED) is 0.0388. The molecule has 1 aromatic carbocycles. The van der Waals surface area contributed by atoms with Gasteiger partial charge in [-0.1, -0.05) is 181 Å². The molecule has 5 N–H and O–H groups in total. The van der Waals surface area contributed by atoms with Crippen LogP contribution in [0.5, 0.6) is 0 Å². The zero-order valence-electron chi connectivity index (χ0n) is 92.2. The van der Waals surface area contributed by atoms with Gasteiger partial charge in [-0.3, -0.25) is 0 Å². The van der Waals surface area contributed by atoms with Gasteiger partial charge >= 0.3 is 6.00 Å². The van der Waals surface area contributed by atoms with Crippen LogP contribution in [-0.4, -0.2) is 141 Å². The predicted molar refractivity (Wildman–Crippen MR) is 545 cm³/mol. The van der Waals surface area contributed by atoms with E-state index in [4.69, 9.17) is 37.4 Å². The van der Waals surface area contributed by atoms with Crippen LogP contribution in [0.3, 0.4) is 0 Å². The summed E-state index contributed by atoms with van der Waals surface area (Å²) in [6, 6.07) is 8.57. The van der Waals surface area contributed by atoms with Gasteiger partial charge in [-0.15, -0.1) is 65.3 Å². The molecule has 35 unspecified atom stereocenters. The van der Waals surface area contributed by atoms with Crippen LogP contribution in [0.2, 0.25) is 105 Å². The Labute approximate surface area is 847 Å². The standard InChI is InChI=1S/C17H24F3O.4C16H22F3O.C9H14Si.C6H18N2Si.C6H18OSi2.C4H12Si.CH3Cl3Si.5Rf/c1-15-3-4-16(2,8-15)14-11-6-10(13(14)15)5-9(11)7-12(21)17(18,19)20;4*1-15(7-12(20)16(17,18)19)6-10-5-11(15)14-9-3-2-8(4-9)13(10)14;1-10(2,3)9-7-5-4-6-8-9;1-7(2)9(5,6)8(3)4;1-8(2,3)7-9(4,5)6;2*1-5(2,3)4;;;;;/h9-11,13-14,21H,3-8H2,1-2H3;4*8-11,13-14,20H,2-7H2,1H3;4-8H,1-3H3;2*1-6H3;1-4H3;1H3;;;;;/q5*-1;;;;;;;;;;. The Morgan fingerprint density at radius 1 is 0.340 bits per heavy atom. The summed E-state index contributed by atoms with van der Waals surface area (Å²) in [4.78, 5) is 0. The molecule has 20 aliphatic rings. The van der Waals surface area contributed by atoms with Crippen molar-refractivity contribution in [2.75, 3.05) is 28.2 Å². The van der Waals surface area contributed by atoms with Crippen LogP contribution in [0.1, 0.15) is 234 Å². The molecule has 20 aliphatic carbocycles. The summed E-state index contributed by atoms with van der Waals surface area (Å²) in [5, 5.41) is 48.5. The number of alkyl halides is 15. The van der Waals surface area contributed by atoms with Gasteiger partial charge in [0.15, 0.2) is 25.0 Å². The van der Waals surface area contributed by atoms with Crippen molar-refractivity contribution in [1.29, 1.82) is 0 Å². The maximum atomic E-state index is 12.6. The number of nitrogens with zero attached hydrogens (tertiary/aromatic N) is 2. The third kappa shape index (κ3) is 27.1. The molecule has 21 rings (SSSR count). The molecule has 37 heteroatoms. The Bertz CT molecular complexity index is 3880. The van der Waals surface area contributed by atoms with Crippen LogP contribution in [0.15, 0.2) is 30.3 Å². The molecule has 20 fully saturated rings. The topological polar surface area (TPSA) is 117 Å². The third-order valence-electron chi connectivity index (χ3n) is 40.6. The van der Waals surface area contributed by atoms with E-state index in [9.17, 15) is 91.4 Å². The van der Waals surface area contributed by atoms with Gasteiger partial charge in [-0.05, 0) is 424 Å². The number of rotatable bonds is 15. The van der Waals surface area contributed by atoms with Gasteiger partial charge in [0, 0.05) is 8.07 Å². The van der Waals surface area contributed by atoms with Crippen molar-refractivity contribution in [3.8, 4) is 0 Å². The van der Waals surface area contributed by atoms with Crippen LogP contribution in [0, 0.1) is 235 Å². The Morgan fingerprint density at radius 2 is 0.576 bits per heavy atom. The van der Waals surface area contributed by atoms with Crippen LogP contribution < -0.4 is 5.19 Å². The Kier molecular flexibility index (Phi) is 38.1. The minimum atomic E-state index is -4.54. The largest absolute Gasteiger partial charge is 0.554 e. The molecular weight excluding hydrogens is 3300 g/mol. The SMILES string of the molecule is CC1(C[C-](O)C(F)(F)F)CC2CC1C1C3CCC(C3)C21.CC1(C[C-](O)C(F)(F)F)CC2CC1C1C3CCC(C3)C21.CC1(C[C-](O)C(F)(F)F)CC2CC1C1C3CCC(C3)C21.CC1(C[C-](O)C(F)(F)F)CC2CC1C1C3CCC(C3)C21.CC12CCC(C)(C1)C1C3CC(CC3C[C-](O)C(F)(F)F)C12.CN(C)[Si](C)(C)N(C)C.C[Si](C)(C)C.C[Si](C)(C)O[Si](C)(C)C.C[Si](C)(C)c1ccccc1.C[Si](Cl)(Cl)Cl.[Rf].[Rf].[Rf].[Rf].[Rf]. The first kappa shape index (κ1) is 126. The van der Waals surface area contributed by atoms with Gasteiger partial charge in [0.1, 0.15) is 0 Å². The van der Waals surface area contributed by atoms with E-state index in [1.807, 2.05) is 27.7 Å². The van der Waals surface area contributed by atoms with Crippen molar-refractivity contribution in [3.63, 3.8) is 0 Å². The van der Waals surface area contributed by atoms with Gasteiger partial charge in [0.2, 0.25) is 0 Å². The van der Waals surface area contributed by atoms with E-state index in [2.05, 4.69) is 180 Å². The number of aliphatic hydroxyl groups excluding tert-OH is 5.